The van der Waals surface area contributed by atoms with E-state index in [4.69, 9.17) is 59.5 Å². The molecule has 0 aliphatic heterocycles. The number of rotatable bonds is 31. The van der Waals surface area contributed by atoms with Gasteiger partial charge in [-0.3, -0.25) is 19.2 Å². The maximum atomic E-state index is 13.4. The van der Waals surface area contributed by atoms with Gasteiger partial charge in [-0.05, 0) is 191 Å². The third kappa shape index (κ3) is 22.3. The highest BCUT2D eigenvalue weighted by Crippen LogP contribution is 2.36. The number of nitrogens with zero attached hydrogens (tertiary/aromatic N) is 16. The average molecular weight is 1620 g/mol. The lowest BCUT2D eigenvalue weighted by Gasteiger charge is -2.25. The van der Waals surface area contributed by atoms with Gasteiger partial charge in [0.15, 0.2) is 22.6 Å². The summed E-state index contributed by atoms with van der Waals surface area (Å²) >= 11 is 18.6. The number of carbonyl (C=O) groups excluding carboxylic acids is 4. The molecular formula is C91H111Cl3N16O5. The minimum absolute atomic E-state index is 0.000984. The number of aromatic nitrogens is 12. The van der Waals surface area contributed by atoms with Gasteiger partial charge in [-0.2, -0.15) is 0 Å². The Kier molecular flexibility index (Phi) is 31.7. The molecule has 21 nitrogen and oxygen atoms in total. The monoisotopic (exact) mass is 1610 g/mol. The standard InChI is InChI=1S/C25H32N4O2.C23H27ClN4O.C22H26Cl2N4O.C21H26N4O/c1-18(2)14-16-28(25(30)19-10-12-21(31-3)13-11-19)17-23-27-22-9-6-15-26-24(22)29(23)20-7-4-5-8-20;1-2-3-14-27(23(29)17-8-6-9-18(24)15-17)16-21-26-20-12-7-13-25-22(20)28(21)19-10-4-5-11-19;1-4-12-28-19(26-18-9-6-11-25-21(18)28)14-27(13-10-15(2)3)22(29)16-7-5-8-17(23)20(16)24;1-3-5-15-24(21(26)17-10-7-6-8-11-17)16-19-23-18-12-9-13-22-20(18)25(19)14-4-2/h6,9-13,15,18,20H,4-5,7-8,14,16-17H2,1-3H3;6-9,12-13,15,19H,2-5,10-11,14,16H2,1H3;5-9,11,15H,4,10,12-14H2,1-3H3;6-13H,3-5,14-16H2,1-2H3. The predicted octanol–water partition coefficient (Wildman–Crippen LogP) is 21.0. The van der Waals surface area contributed by atoms with Crippen molar-refractivity contribution in [1.29, 1.82) is 0 Å². The largest absolute Gasteiger partial charge is 0.497 e. The summed E-state index contributed by atoms with van der Waals surface area (Å²) in [6.45, 7) is 23.5. The van der Waals surface area contributed by atoms with Crippen LogP contribution < -0.4 is 4.74 Å². The van der Waals surface area contributed by atoms with Crippen LogP contribution in [0.1, 0.15) is 235 Å². The number of aryl methyl sites for hydroxylation is 2. The third-order valence-electron chi connectivity index (χ3n) is 21.1. The fourth-order valence-electron chi connectivity index (χ4n) is 15.0. The van der Waals surface area contributed by atoms with Crippen LogP contribution in [0.2, 0.25) is 15.1 Å². The number of methoxy groups -OCH3 is 1. The lowest BCUT2D eigenvalue weighted by Crippen LogP contribution is -2.33. The molecular weight excluding hydrogens is 1500 g/mol. The molecule has 0 unspecified atom stereocenters. The molecule has 2 fully saturated rings. The van der Waals surface area contributed by atoms with Gasteiger partial charge in [-0.25, -0.2) is 39.9 Å². The molecule has 0 saturated heterocycles. The summed E-state index contributed by atoms with van der Waals surface area (Å²) < 4.78 is 14.1. The number of carbonyl (C=O) groups is 4. The zero-order valence-electron chi connectivity index (χ0n) is 68.2. The first kappa shape index (κ1) is 85.8. The highest BCUT2D eigenvalue weighted by atomic mass is 35.5. The van der Waals surface area contributed by atoms with Gasteiger partial charge in [0, 0.05) is 97.9 Å². The molecule has 24 heteroatoms. The van der Waals surface area contributed by atoms with E-state index in [1.165, 1.54) is 25.7 Å². The quantitative estimate of drug-likeness (QED) is 0.0396. The number of hydrogen-bond donors (Lipinski definition) is 0. The Bertz CT molecular complexity index is 5140. The zero-order valence-corrected chi connectivity index (χ0v) is 70.5. The molecule has 0 radical (unpaired) electrons. The van der Waals surface area contributed by atoms with Crippen LogP contribution in [-0.4, -0.2) is 135 Å². The molecule has 115 heavy (non-hydrogen) atoms. The van der Waals surface area contributed by atoms with Crippen molar-refractivity contribution in [3.05, 3.63) is 231 Å². The molecule has 8 heterocycles. The van der Waals surface area contributed by atoms with Crippen LogP contribution in [0.15, 0.2) is 170 Å². The van der Waals surface area contributed by atoms with Crippen molar-refractivity contribution in [2.45, 2.75) is 209 Å². The van der Waals surface area contributed by atoms with Crippen LogP contribution in [-0.2, 0) is 39.3 Å². The number of hydrogen-bond acceptors (Lipinski definition) is 13. The van der Waals surface area contributed by atoms with Crippen molar-refractivity contribution < 1.29 is 23.9 Å². The normalized spacial score (nSPS) is 12.9. The number of amides is 4. The lowest BCUT2D eigenvalue weighted by atomic mass is 10.1. The van der Waals surface area contributed by atoms with E-state index >= 15 is 0 Å². The second-order valence-electron chi connectivity index (χ2n) is 30.6. The van der Waals surface area contributed by atoms with Gasteiger partial charge in [0.25, 0.3) is 23.6 Å². The van der Waals surface area contributed by atoms with Gasteiger partial charge in [-0.1, -0.05) is 159 Å². The maximum Gasteiger partial charge on any atom is 0.255 e. The first-order valence-corrected chi connectivity index (χ1v) is 42.3. The van der Waals surface area contributed by atoms with Gasteiger partial charge in [-0.15, -0.1) is 0 Å². The number of halogens is 3. The molecule has 0 spiro atoms. The Morgan fingerprint density at radius 2 is 0.817 bits per heavy atom. The molecule has 2 aliphatic carbocycles. The fourth-order valence-corrected chi connectivity index (χ4v) is 15.6. The van der Waals surface area contributed by atoms with Crippen LogP contribution in [0.3, 0.4) is 0 Å². The summed E-state index contributed by atoms with van der Waals surface area (Å²) in [5.74, 6) is 5.28. The van der Waals surface area contributed by atoms with E-state index in [1.807, 2.05) is 147 Å². The van der Waals surface area contributed by atoms with Crippen LogP contribution >= 0.6 is 34.8 Å². The molecule has 2 aliphatic rings. The third-order valence-corrected chi connectivity index (χ3v) is 22.1. The average Bonchev–Trinajstić information content (AvgIpc) is 1.64. The first-order chi connectivity index (χ1) is 55.9. The van der Waals surface area contributed by atoms with Crippen molar-refractivity contribution in [3.63, 3.8) is 0 Å². The minimum Gasteiger partial charge on any atom is -0.497 e. The van der Waals surface area contributed by atoms with E-state index in [9.17, 15) is 19.2 Å². The SMILES string of the molecule is CCCCN(Cc1nc2cccnc2n1C1CCCC1)C(=O)c1cccc(Cl)c1.CCCCN(Cc1nc2cccnc2n1CCC)C(=O)c1ccccc1.CCCn1c(CN(CCC(C)C)C(=O)c2cccc(Cl)c2Cl)nc2cccnc21.COc1ccc(C(=O)N(CCC(C)C)Cc2nc3cccnc3n2C2CCCC2)cc1. The molecule has 606 valence electrons. The zero-order chi connectivity index (χ0) is 81.3. The number of imidazole rings is 4. The Morgan fingerprint density at radius 3 is 1.25 bits per heavy atom. The molecule has 0 bridgehead atoms. The molecule has 4 amide bonds. The molecule has 0 N–H and O–H groups in total. The smallest absolute Gasteiger partial charge is 0.255 e. The molecule has 12 aromatic rings. The van der Waals surface area contributed by atoms with E-state index in [0.717, 1.165) is 176 Å². The minimum atomic E-state index is -0.138. The highest BCUT2D eigenvalue weighted by molar-refractivity contribution is 6.43. The Labute approximate surface area is 691 Å². The predicted molar refractivity (Wildman–Crippen MR) is 461 cm³/mol. The second kappa shape index (κ2) is 42.5. The van der Waals surface area contributed by atoms with E-state index in [1.54, 1.807) is 49.8 Å². The fraction of sp³-hybridized carbons (Fsp3) is 0.429. The number of fused-ring (bicyclic) bond motifs is 4. The summed E-state index contributed by atoms with van der Waals surface area (Å²) in [4.78, 5) is 98.2. The summed E-state index contributed by atoms with van der Waals surface area (Å²) in [6.07, 6.45) is 24.5. The van der Waals surface area contributed by atoms with Crippen LogP contribution in [0.25, 0.3) is 44.7 Å². The summed E-state index contributed by atoms with van der Waals surface area (Å²) in [7, 11) is 1.63. The first-order valence-electron chi connectivity index (χ1n) is 41.2. The molecule has 0 atom stereocenters. The number of unbranched alkanes of at least 4 members (excludes halogenated alkanes) is 2. The van der Waals surface area contributed by atoms with E-state index in [2.05, 4.69) is 93.6 Å². The van der Waals surface area contributed by atoms with Crippen molar-refractivity contribution in [2.75, 3.05) is 33.3 Å². The van der Waals surface area contributed by atoms with E-state index in [-0.39, 0.29) is 28.7 Å². The highest BCUT2D eigenvalue weighted by Gasteiger charge is 2.30. The van der Waals surface area contributed by atoms with Crippen LogP contribution in [0.5, 0.6) is 5.75 Å². The van der Waals surface area contributed by atoms with Gasteiger partial charge in [0.1, 0.15) is 51.1 Å². The Hall–Kier alpha value is -10.1. The van der Waals surface area contributed by atoms with Gasteiger partial charge < -0.3 is 42.6 Å². The number of benzene rings is 4. The molecule has 14 rings (SSSR count). The Morgan fingerprint density at radius 1 is 0.426 bits per heavy atom. The Balaban J connectivity index is 0.000000151. The molecule has 8 aromatic heterocycles. The summed E-state index contributed by atoms with van der Waals surface area (Å²) in [5.41, 5.74) is 9.58. The molecule has 4 aromatic carbocycles. The number of pyridine rings is 4. The van der Waals surface area contributed by atoms with E-state index < -0.39 is 0 Å². The van der Waals surface area contributed by atoms with Crippen LogP contribution in [0, 0.1) is 11.8 Å². The van der Waals surface area contributed by atoms with E-state index in [0.29, 0.717) is 96.5 Å². The number of ether oxygens (including phenoxy) is 1. The molecule has 2 saturated carbocycles. The van der Waals surface area contributed by atoms with Gasteiger partial charge >= 0.3 is 0 Å². The lowest BCUT2D eigenvalue weighted by molar-refractivity contribution is 0.0721. The van der Waals surface area contributed by atoms with Crippen molar-refractivity contribution in [1.82, 2.24) is 77.7 Å². The van der Waals surface area contributed by atoms with Gasteiger partial charge in [0.2, 0.25) is 0 Å². The van der Waals surface area contributed by atoms with Crippen molar-refractivity contribution in [2.24, 2.45) is 11.8 Å². The second-order valence-corrected chi connectivity index (χ2v) is 31.8. The topological polar surface area (TPSA) is 213 Å². The van der Waals surface area contributed by atoms with Crippen molar-refractivity contribution >= 4 is 103 Å². The van der Waals surface area contributed by atoms with Crippen LogP contribution in [0.4, 0.5) is 0 Å². The maximum absolute atomic E-state index is 13.4. The van der Waals surface area contributed by atoms with Crippen molar-refractivity contribution in [3.8, 4) is 5.75 Å². The summed E-state index contributed by atoms with van der Waals surface area (Å²) in [5, 5.41) is 1.25. The van der Waals surface area contributed by atoms with Gasteiger partial charge in [0.05, 0.1) is 48.9 Å². The summed E-state index contributed by atoms with van der Waals surface area (Å²) in [6, 6.07) is 45.6.